The number of methoxy groups -OCH3 is 1. The van der Waals surface area contributed by atoms with Crippen molar-refractivity contribution in [3.8, 4) is 5.75 Å². The Morgan fingerprint density at radius 1 is 1.60 bits per heavy atom. The lowest BCUT2D eigenvalue weighted by atomic mass is 10.0. The zero-order chi connectivity index (χ0) is 11.6. The summed E-state index contributed by atoms with van der Waals surface area (Å²) < 4.78 is 5.94. The number of alkyl halides is 1. The van der Waals surface area contributed by atoms with Gasteiger partial charge in [0.25, 0.3) is 0 Å². The zero-order valence-electron chi connectivity index (χ0n) is 8.30. The van der Waals surface area contributed by atoms with Gasteiger partial charge in [0, 0.05) is 10.9 Å². The van der Waals surface area contributed by atoms with E-state index in [0.717, 1.165) is 4.47 Å². The Morgan fingerprint density at radius 2 is 2.20 bits per heavy atom. The quantitative estimate of drug-likeness (QED) is 0.860. The number of ether oxygens (including phenoxy) is 1. The Hall–Kier alpha value is -0.550. The predicted molar refractivity (Wildman–Crippen MR) is 65.0 cm³/mol. The van der Waals surface area contributed by atoms with Gasteiger partial charge in [-0.25, -0.2) is 4.79 Å². The molecule has 0 fully saturated rings. The van der Waals surface area contributed by atoms with E-state index < -0.39 is 5.97 Å². The highest BCUT2D eigenvalue weighted by Crippen LogP contribution is 2.35. The topological polar surface area (TPSA) is 46.5 Å². The van der Waals surface area contributed by atoms with Gasteiger partial charge in [0.15, 0.2) is 0 Å². The number of carboxylic acids is 1. The number of halogens is 2. The molecule has 0 heterocycles. The van der Waals surface area contributed by atoms with Crippen LogP contribution in [0.25, 0.3) is 0 Å². The average Bonchev–Trinajstić information content (AvgIpc) is 2.15. The van der Waals surface area contributed by atoms with Crippen LogP contribution in [-0.2, 0) is 5.33 Å². The normalized spacial score (nSPS) is 10.1. The molecule has 0 aliphatic heterocycles. The first kappa shape index (κ1) is 12.5. The fourth-order valence-corrected chi connectivity index (χ4v) is 2.75. The molecule has 0 saturated carbocycles. The lowest BCUT2D eigenvalue weighted by Gasteiger charge is -2.13. The molecule has 0 bridgehead atoms. The Labute approximate surface area is 105 Å². The van der Waals surface area contributed by atoms with E-state index in [4.69, 9.17) is 9.84 Å². The molecule has 0 aromatic heterocycles. The molecule has 0 unspecified atom stereocenters. The van der Waals surface area contributed by atoms with Crippen molar-refractivity contribution in [2.45, 2.75) is 12.3 Å². The highest BCUT2D eigenvalue weighted by atomic mass is 79.9. The van der Waals surface area contributed by atoms with Crippen molar-refractivity contribution < 1.29 is 14.6 Å². The van der Waals surface area contributed by atoms with E-state index in [1.54, 1.807) is 13.0 Å². The molecule has 3 nitrogen and oxygen atoms in total. The first-order valence-corrected chi connectivity index (χ1v) is 6.09. The molecule has 0 aliphatic carbocycles. The molecule has 1 N–H and O–H groups in total. The maximum Gasteiger partial charge on any atom is 0.336 e. The fraction of sp³-hybridized carbons (Fsp3) is 0.300. The minimum atomic E-state index is -0.937. The van der Waals surface area contributed by atoms with E-state index >= 15 is 0 Å². The smallest absolute Gasteiger partial charge is 0.336 e. The van der Waals surface area contributed by atoms with Crippen molar-refractivity contribution in [2.75, 3.05) is 7.11 Å². The van der Waals surface area contributed by atoms with Gasteiger partial charge in [-0.05, 0) is 34.5 Å². The molecule has 0 atom stereocenters. The molecule has 82 valence electrons. The maximum absolute atomic E-state index is 11.1. The summed E-state index contributed by atoms with van der Waals surface area (Å²) in [6.45, 7) is 1.76. The van der Waals surface area contributed by atoms with E-state index in [0.29, 0.717) is 27.8 Å². The first-order chi connectivity index (χ1) is 7.02. The molecule has 1 aromatic carbocycles. The van der Waals surface area contributed by atoms with Crippen LogP contribution >= 0.6 is 31.9 Å². The van der Waals surface area contributed by atoms with Gasteiger partial charge in [-0.1, -0.05) is 15.9 Å². The number of carboxylic acid groups (broad SMARTS) is 1. The number of aromatic carboxylic acids is 1. The van der Waals surface area contributed by atoms with Crippen LogP contribution in [0.5, 0.6) is 5.75 Å². The molecular weight excluding hydrogens is 328 g/mol. The maximum atomic E-state index is 11.1. The predicted octanol–water partition coefficient (Wildman–Crippen LogP) is 3.36. The largest absolute Gasteiger partial charge is 0.495 e. The standard InChI is InChI=1S/C10H10Br2O3/c1-5-3-7(12)9(15-2)6(4-11)8(5)10(13)14/h3H,4H2,1-2H3,(H,13,14). The van der Waals surface area contributed by atoms with Crippen molar-refractivity contribution in [3.05, 3.63) is 27.2 Å². The summed E-state index contributed by atoms with van der Waals surface area (Å²) in [7, 11) is 1.52. The zero-order valence-corrected chi connectivity index (χ0v) is 11.5. The molecule has 1 aromatic rings. The number of rotatable bonds is 3. The van der Waals surface area contributed by atoms with Crippen molar-refractivity contribution in [2.24, 2.45) is 0 Å². The summed E-state index contributed by atoms with van der Waals surface area (Å²) >= 11 is 6.62. The van der Waals surface area contributed by atoms with E-state index in [-0.39, 0.29) is 0 Å². The summed E-state index contributed by atoms with van der Waals surface area (Å²) in [5.74, 6) is -0.373. The third-order valence-electron chi connectivity index (χ3n) is 2.08. The van der Waals surface area contributed by atoms with Crippen molar-refractivity contribution in [1.82, 2.24) is 0 Å². The molecule has 0 radical (unpaired) electrons. The Kier molecular flexibility index (Phi) is 4.16. The molecule has 0 spiro atoms. The molecule has 15 heavy (non-hydrogen) atoms. The lowest BCUT2D eigenvalue weighted by molar-refractivity contribution is 0.0694. The van der Waals surface area contributed by atoms with Crippen LogP contribution in [0.3, 0.4) is 0 Å². The van der Waals surface area contributed by atoms with Crippen LogP contribution in [-0.4, -0.2) is 18.2 Å². The second-order valence-electron chi connectivity index (χ2n) is 3.00. The number of aryl methyl sites for hydroxylation is 1. The van der Waals surface area contributed by atoms with Gasteiger partial charge in [-0.2, -0.15) is 0 Å². The first-order valence-electron chi connectivity index (χ1n) is 4.18. The van der Waals surface area contributed by atoms with E-state index in [9.17, 15) is 4.79 Å². The summed E-state index contributed by atoms with van der Waals surface area (Å²) in [5, 5.41) is 9.54. The van der Waals surface area contributed by atoms with Crippen LogP contribution in [0.15, 0.2) is 10.5 Å². The molecular formula is C10H10Br2O3. The van der Waals surface area contributed by atoms with Gasteiger partial charge >= 0.3 is 5.97 Å². The number of benzene rings is 1. The minimum absolute atomic E-state index is 0.298. The lowest BCUT2D eigenvalue weighted by Crippen LogP contribution is -2.06. The van der Waals surface area contributed by atoms with Crippen LogP contribution in [0.2, 0.25) is 0 Å². The van der Waals surface area contributed by atoms with Gasteiger partial charge in [0.1, 0.15) is 5.75 Å². The molecule has 0 amide bonds. The number of hydrogen-bond acceptors (Lipinski definition) is 2. The second kappa shape index (κ2) is 4.99. The van der Waals surface area contributed by atoms with E-state index in [2.05, 4.69) is 31.9 Å². The summed E-state index contributed by atoms with van der Waals surface area (Å²) in [5.41, 5.74) is 1.66. The van der Waals surface area contributed by atoms with Crippen molar-refractivity contribution in [1.29, 1.82) is 0 Å². The Morgan fingerprint density at radius 3 is 2.60 bits per heavy atom. The van der Waals surface area contributed by atoms with Crippen molar-refractivity contribution in [3.63, 3.8) is 0 Å². The van der Waals surface area contributed by atoms with Gasteiger partial charge < -0.3 is 9.84 Å². The van der Waals surface area contributed by atoms with Crippen LogP contribution < -0.4 is 4.74 Å². The van der Waals surface area contributed by atoms with Crippen molar-refractivity contribution >= 4 is 37.8 Å². The second-order valence-corrected chi connectivity index (χ2v) is 4.42. The third kappa shape index (κ3) is 2.34. The highest BCUT2D eigenvalue weighted by Gasteiger charge is 2.19. The van der Waals surface area contributed by atoms with Gasteiger partial charge in [0.05, 0.1) is 17.1 Å². The van der Waals surface area contributed by atoms with Gasteiger partial charge in [0.2, 0.25) is 0 Å². The average molecular weight is 338 g/mol. The summed E-state index contributed by atoms with van der Waals surface area (Å²) in [6.07, 6.45) is 0. The van der Waals surface area contributed by atoms with Crippen LogP contribution in [0.1, 0.15) is 21.5 Å². The molecule has 0 saturated heterocycles. The van der Waals surface area contributed by atoms with Crippen LogP contribution in [0, 0.1) is 6.92 Å². The summed E-state index contributed by atoms with van der Waals surface area (Å²) in [4.78, 5) is 11.1. The minimum Gasteiger partial charge on any atom is -0.495 e. The van der Waals surface area contributed by atoms with E-state index in [1.165, 1.54) is 7.11 Å². The molecule has 0 aliphatic rings. The van der Waals surface area contributed by atoms with Gasteiger partial charge in [-0.15, -0.1) is 0 Å². The number of carbonyl (C=O) groups is 1. The van der Waals surface area contributed by atoms with Gasteiger partial charge in [-0.3, -0.25) is 0 Å². The van der Waals surface area contributed by atoms with Crippen LogP contribution in [0.4, 0.5) is 0 Å². The summed E-state index contributed by atoms with van der Waals surface area (Å²) in [6, 6.07) is 1.74. The molecule has 5 heteroatoms. The SMILES string of the molecule is COc1c(Br)cc(C)c(C(=O)O)c1CBr. The number of hydrogen-bond donors (Lipinski definition) is 1. The highest BCUT2D eigenvalue weighted by molar-refractivity contribution is 9.10. The fourth-order valence-electron chi connectivity index (χ4n) is 1.47. The Balaban J connectivity index is 3.56. The van der Waals surface area contributed by atoms with E-state index in [1.807, 2.05) is 0 Å². The Bertz CT molecular complexity index is 402. The molecule has 1 rings (SSSR count). The third-order valence-corrected chi connectivity index (χ3v) is 3.23. The monoisotopic (exact) mass is 336 g/mol.